The monoisotopic (exact) mass is 312 g/mol. The van der Waals surface area contributed by atoms with Crippen LogP contribution in [-0.2, 0) is 20.3 Å². The van der Waals surface area contributed by atoms with Crippen LogP contribution >= 0.6 is 0 Å². The number of ether oxygens (including phenoxy) is 3. The predicted octanol–water partition coefficient (Wildman–Crippen LogP) is 2.30. The van der Waals surface area contributed by atoms with E-state index >= 15 is 0 Å². The lowest BCUT2D eigenvalue weighted by Crippen LogP contribution is -2.32. The minimum Gasteiger partial charge on any atom is -0.486 e. The molecule has 0 fully saturated rings. The molecular formula is C15H20O5S. The van der Waals surface area contributed by atoms with Crippen molar-refractivity contribution in [3.8, 4) is 11.5 Å². The van der Waals surface area contributed by atoms with Crippen LogP contribution in [0.2, 0.25) is 0 Å². The number of hydrogen-bond donors (Lipinski definition) is 0. The van der Waals surface area contributed by atoms with Crippen molar-refractivity contribution in [2.24, 2.45) is 0 Å². The normalized spacial score (nSPS) is 17.0. The highest BCUT2D eigenvalue weighted by Gasteiger charge is 2.27. The van der Waals surface area contributed by atoms with Gasteiger partial charge in [0, 0.05) is 11.0 Å². The van der Waals surface area contributed by atoms with E-state index in [0.29, 0.717) is 29.6 Å². The first kappa shape index (κ1) is 15.8. The summed E-state index contributed by atoms with van der Waals surface area (Å²) in [6, 6.07) is 5.06. The van der Waals surface area contributed by atoms with Gasteiger partial charge < -0.3 is 14.2 Å². The lowest BCUT2D eigenvalue weighted by molar-refractivity contribution is -0.153. The summed E-state index contributed by atoms with van der Waals surface area (Å²) in [6.45, 7) is 7.91. The Bertz CT molecular complexity index is 562. The standard InChI is InChI=1S/C15H20O5S/c1-10(14(16)20-15(2,3)4)21(17)11-5-6-12-13(9-11)19-8-7-18-12/h5-6,9-10H,7-8H2,1-4H3. The average molecular weight is 312 g/mol. The second kappa shape index (κ2) is 6.05. The Balaban J connectivity index is 2.14. The number of carbonyl (C=O) groups excluding carboxylic acids is 1. The molecule has 116 valence electrons. The fourth-order valence-electron chi connectivity index (χ4n) is 1.83. The molecule has 1 aromatic carbocycles. The van der Waals surface area contributed by atoms with Gasteiger partial charge in [0.05, 0.1) is 10.8 Å². The Morgan fingerprint density at radius 1 is 1.24 bits per heavy atom. The molecule has 1 aromatic rings. The molecular weight excluding hydrogens is 292 g/mol. The first-order chi connectivity index (χ1) is 9.78. The molecule has 0 aliphatic carbocycles. The van der Waals surface area contributed by atoms with Crippen molar-refractivity contribution in [1.29, 1.82) is 0 Å². The van der Waals surface area contributed by atoms with E-state index in [4.69, 9.17) is 14.2 Å². The van der Waals surface area contributed by atoms with Crippen molar-refractivity contribution in [1.82, 2.24) is 0 Å². The zero-order valence-electron chi connectivity index (χ0n) is 12.7. The van der Waals surface area contributed by atoms with Crippen LogP contribution in [-0.4, -0.2) is 34.2 Å². The summed E-state index contributed by atoms with van der Waals surface area (Å²) in [7, 11) is -1.50. The third kappa shape index (κ3) is 3.97. The lowest BCUT2D eigenvalue weighted by Gasteiger charge is -2.22. The van der Waals surface area contributed by atoms with Crippen molar-refractivity contribution in [3.63, 3.8) is 0 Å². The number of rotatable bonds is 3. The van der Waals surface area contributed by atoms with E-state index in [9.17, 15) is 9.00 Å². The smallest absolute Gasteiger partial charge is 0.322 e. The molecule has 21 heavy (non-hydrogen) atoms. The first-order valence-electron chi connectivity index (χ1n) is 6.81. The van der Waals surface area contributed by atoms with Gasteiger partial charge in [0.25, 0.3) is 0 Å². The molecule has 2 unspecified atom stereocenters. The molecule has 1 aliphatic heterocycles. The summed E-state index contributed by atoms with van der Waals surface area (Å²) < 4.78 is 28.6. The average Bonchev–Trinajstić information content (AvgIpc) is 2.43. The summed E-state index contributed by atoms with van der Waals surface area (Å²) >= 11 is 0. The second-order valence-corrected chi connectivity index (χ2v) is 7.55. The maximum atomic E-state index is 12.5. The maximum Gasteiger partial charge on any atom is 0.322 e. The van der Waals surface area contributed by atoms with Gasteiger partial charge in [0.1, 0.15) is 24.1 Å². The molecule has 1 aliphatic rings. The lowest BCUT2D eigenvalue weighted by atomic mass is 10.2. The van der Waals surface area contributed by atoms with Crippen LogP contribution in [0.1, 0.15) is 27.7 Å². The molecule has 2 atom stereocenters. The molecule has 0 radical (unpaired) electrons. The molecule has 0 aromatic heterocycles. The second-order valence-electron chi connectivity index (χ2n) is 5.78. The van der Waals surface area contributed by atoms with Gasteiger partial charge in [-0.25, -0.2) is 0 Å². The van der Waals surface area contributed by atoms with Gasteiger partial charge in [-0.15, -0.1) is 0 Å². The molecule has 0 N–H and O–H groups in total. The van der Waals surface area contributed by atoms with Crippen LogP contribution in [0.4, 0.5) is 0 Å². The highest BCUT2D eigenvalue weighted by molar-refractivity contribution is 7.86. The quantitative estimate of drug-likeness (QED) is 0.801. The van der Waals surface area contributed by atoms with E-state index in [0.717, 1.165) is 0 Å². The molecule has 1 heterocycles. The highest BCUT2D eigenvalue weighted by Crippen LogP contribution is 2.32. The maximum absolute atomic E-state index is 12.5. The topological polar surface area (TPSA) is 61.8 Å². The van der Waals surface area contributed by atoms with Gasteiger partial charge in [0.15, 0.2) is 11.5 Å². The van der Waals surface area contributed by atoms with E-state index < -0.39 is 27.6 Å². The number of esters is 1. The third-order valence-corrected chi connectivity index (χ3v) is 4.36. The fourth-order valence-corrected chi connectivity index (χ4v) is 2.88. The van der Waals surface area contributed by atoms with Crippen LogP contribution in [0.3, 0.4) is 0 Å². The van der Waals surface area contributed by atoms with Crippen molar-refractivity contribution >= 4 is 16.8 Å². The summed E-state index contributed by atoms with van der Waals surface area (Å²) in [4.78, 5) is 12.5. The van der Waals surface area contributed by atoms with Crippen LogP contribution in [0, 0.1) is 0 Å². The molecule has 0 saturated heterocycles. The summed E-state index contributed by atoms with van der Waals surface area (Å²) in [6.07, 6.45) is 0. The molecule has 5 nitrogen and oxygen atoms in total. The SMILES string of the molecule is CC(C(=O)OC(C)(C)C)S(=O)c1ccc2c(c1)OCCO2. The van der Waals surface area contributed by atoms with Gasteiger partial charge in [0.2, 0.25) is 0 Å². The molecule has 0 amide bonds. The van der Waals surface area contributed by atoms with Crippen molar-refractivity contribution < 1.29 is 23.2 Å². The minimum atomic E-state index is -1.50. The molecule has 2 rings (SSSR count). The van der Waals surface area contributed by atoms with E-state index in [1.807, 2.05) is 0 Å². The predicted molar refractivity (Wildman–Crippen MR) is 79.1 cm³/mol. The number of benzene rings is 1. The Kier molecular flexibility index (Phi) is 4.56. The Morgan fingerprint density at radius 2 is 1.86 bits per heavy atom. The van der Waals surface area contributed by atoms with Gasteiger partial charge in [-0.3, -0.25) is 9.00 Å². The van der Waals surface area contributed by atoms with E-state index in [2.05, 4.69) is 0 Å². The highest BCUT2D eigenvalue weighted by atomic mass is 32.2. The zero-order valence-corrected chi connectivity index (χ0v) is 13.5. The Hall–Kier alpha value is -1.56. The van der Waals surface area contributed by atoms with Crippen LogP contribution < -0.4 is 9.47 Å². The fraction of sp³-hybridized carbons (Fsp3) is 0.533. The largest absolute Gasteiger partial charge is 0.486 e. The zero-order chi connectivity index (χ0) is 15.6. The minimum absolute atomic E-state index is 0.463. The van der Waals surface area contributed by atoms with Crippen LogP contribution in [0.15, 0.2) is 23.1 Å². The van der Waals surface area contributed by atoms with E-state index in [1.165, 1.54) is 0 Å². The summed E-state index contributed by atoms with van der Waals surface area (Å²) in [5.74, 6) is 0.714. The number of hydrogen-bond acceptors (Lipinski definition) is 5. The Labute approximate surface area is 127 Å². The molecule has 6 heteroatoms. The molecule has 0 spiro atoms. The third-order valence-electron chi connectivity index (χ3n) is 2.81. The summed E-state index contributed by atoms with van der Waals surface area (Å²) in [5.41, 5.74) is -0.595. The molecule has 0 saturated carbocycles. The first-order valence-corrected chi connectivity index (χ1v) is 8.02. The van der Waals surface area contributed by atoms with Crippen LogP contribution in [0.5, 0.6) is 11.5 Å². The molecule has 0 bridgehead atoms. The van der Waals surface area contributed by atoms with Gasteiger partial charge in [-0.05, 0) is 39.8 Å². The Morgan fingerprint density at radius 3 is 2.48 bits per heavy atom. The van der Waals surface area contributed by atoms with Crippen molar-refractivity contribution in [2.75, 3.05) is 13.2 Å². The van der Waals surface area contributed by atoms with Crippen molar-refractivity contribution in [2.45, 2.75) is 43.4 Å². The van der Waals surface area contributed by atoms with Gasteiger partial charge in [-0.1, -0.05) is 0 Å². The summed E-state index contributed by atoms with van der Waals surface area (Å²) in [5, 5.41) is -0.744. The van der Waals surface area contributed by atoms with Crippen molar-refractivity contribution in [3.05, 3.63) is 18.2 Å². The van der Waals surface area contributed by atoms with E-state index in [1.54, 1.807) is 45.9 Å². The van der Waals surface area contributed by atoms with Gasteiger partial charge >= 0.3 is 5.97 Å². The number of carbonyl (C=O) groups is 1. The van der Waals surface area contributed by atoms with Gasteiger partial charge in [-0.2, -0.15) is 0 Å². The van der Waals surface area contributed by atoms with Crippen LogP contribution in [0.25, 0.3) is 0 Å². The number of fused-ring (bicyclic) bond motifs is 1. The van der Waals surface area contributed by atoms with E-state index in [-0.39, 0.29) is 0 Å².